The van der Waals surface area contributed by atoms with Gasteiger partial charge in [-0.15, -0.1) is 22.7 Å². The summed E-state index contributed by atoms with van der Waals surface area (Å²) in [5.41, 5.74) is 1.74. The van der Waals surface area contributed by atoms with Crippen molar-refractivity contribution in [2.75, 3.05) is 5.32 Å². The number of hydrogen-bond acceptors (Lipinski definition) is 3. The van der Waals surface area contributed by atoms with E-state index >= 15 is 0 Å². The van der Waals surface area contributed by atoms with E-state index in [9.17, 15) is 4.39 Å². The van der Waals surface area contributed by atoms with Crippen LogP contribution < -0.4 is 5.32 Å². The highest BCUT2D eigenvalue weighted by atomic mass is 79.9. The van der Waals surface area contributed by atoms with Crippen LogP contribution in [0.25, 0.3) is 10.4 Å². The summed E-state index contributed by atoms with van der Waals surface area (Å²) in [5.74, 6) is -0.241. The molecule has 0 aliphatic rings. The van der Waals surface area contributed by atoms with E-state index in [1.54, 1.807) is 28.7 Å². The monoisotopic (exact) mass is 367 g/mol. The van der Waals surface area contributed by atoms with Gasteiger partial charge in [-0.3, -0.25) is 0 Å². The highest BCUT2D eigenvalue weighted by molar-refractivity contribution is 9.10. The lowest BCUT2D eigenvalue weighted by Gasteiger charge is -2.08. The van der Waals surface area contributed by atoms with E-state index < -0.39 is 0 Å². The van der Waals surface area contributed by atoms with Crippen molar-refractivity contribution in [1.82, 2.24) is 0 Å². The molecule has 0 fully saturated rings. The number of anilines is 1. The minimum atomic E-state index is -0.241. The van der Waals surface area contributed by atoms with Gasteiger partial charge in [-0.2, -0.15) is 0 Å². The fourth-order valence-electron chi connectivity index (χ4n) is 1.89. The van der Waals surface area contributed by atoms with Crippen LogP contribution in [0.4, 0.5) is 10.1 Å². The fourth-order valence-corrected chi connectivity index (χ4v) is 3.98. The normalized spacial score (nSPS) is 10.7. The lowest BCUT2D eigenvalue weighted by molar-refractivity contribution is 0.629. The van der Waals surface area contributed by atoms with Gasteiger partial charge in [0.05, 0.1) is 5.69 Å². The first kappa shape index (κ1) is 13.8. The molecule has 3 rings (SSSR count). The van der Waals surface area contributed by atoms with Gasteiger partial charge in [-0.1, -0.05) is 12.1 Å². The van der Waals surface area contributed by atoms with Crippen molar-refractivity contribution in [3.8, 4) is 10.4 Å². The summed E-state index contributed by atoms with van der Waals surface area (Å²) in [6, 6.07) is 11.3. The number of hydrogen-bond donors (Lipinski definition) is 1. The zero-order chi connectivity index (χ0) is 13.9. The Labute approximate surface area is 133 Å². The molecule has 0 amide bonds. The first-order chi connectivity index (χ1) is 9.74. The maximum Gasteiger partial charge on any atom is 0.147 e. The van der Waals surface area contributed by atoms with Gasteiger partial charge in [0.1, 0.15) is 5.82 Å². The predicted molar refractivity (Wildman–Crippen MR) is 89.1 cm³/mol. The van der Waals surface area contributed by atoms with E-state index in [2.05, 4.69) is 44.1 Å². The highest BCUT2D eigenvalue weighted by Crippen LogP contribution is 2.30. The Balaban J connectivity index is 1.73. The van der Waals surface area contributed by atoms with Crippen molar-refractivity contribution in [1.29, 1.82) is 0 Å². The van der Waals surface area contributed by atoms with Crippen molar-refractivity contribution in [3.05, 3.63) is 62.3 Å². The Morgan fingerprint density at radius 3 is 2.80 bits per heavy atom. The topological polar surface area (TPSA) is 12.0 Å². The van der Waals surface area contributed by atoms with Gasteiger partial charge in [0.2, 0.25) is 0 Å². The number of thiophene rings is 2. The largest absolute Gasteiger partial charge is 0.377 e. The smallest absolute Gasteiger partial charge is 0.147 e. The zero-order valence-electron chi connectivity index (χ0n) is 10.4. The number of para-hydroxylation sites is 1. The van der Waals surface area contributed by atoms with Crippen LogP contribution in [0.1, 0.15) is 4.88 Å². The average Bonchev–Trinajstić information content (AvgIpc) is 3.09. The maximum atomic E-state index is 13.7. The first-order valence-electron chi connectivity index (χ1n) is 6.03. The SMILES string of the molecule is Fc1cccc(Br)c1NCc1cc(-c2cccs2)cs1. The van der Waals surface area contributed by atoms with E-state index in [1.807, 2.05) is 12.1 Å². The summed E-state index contributed by atoms with van der Waals surface area (Å²) in [7, 11) is 0. The standard InChI is InChI=1S/C15H11BrFNS2/c16-12-3-1-4-13(17)15(12)18-8-11-7-10(9-20-11)14-5-2-6-19-14/h1-7,9,18H,8H2. The molecular formula is C15H11BrFNS2. The van der Waals surface area contributed by atoms with Crippen LogP contribution in [0.2, 0.25) is 0 Å². The second-order valence-electron chi connectivity index (χ2n) is 4.23. The summed E-state index contributed by atoms with van der Waals surface area (Å²) in [5, 5.41) is 7.36. The molecule has 5 heteroatoms. The third-order valence-corrected chi connectivity index (χ3v) is 5.38. The van der Waals surface area contributed by atoms with E-state index in [4.69, 9.17) is 0 Å². The molecule has 102 valence electrons. The Bertz CT molecular complexity index is 686. The summed E-state index contributed by atoms with van der Waals surface area (Å²) in [6.07, 6.45) is 0. The maximum absolute atomic E-state index is 13.7. The second-order valence-corrected chi connectivity index (χ2v) is 7.03. The van der Waals surface area contributed by atoms with Gasteiger partial charge in [0, 0.05) is 26.3 Å². The molecule has 0 spiro atoms. The molecular weight excluding hydrogens is 357 g/mol. The third-order valence-electron chi connectivity index (χ3n) is 2.86. The molecule has 0 atom stereocenters. The molecule has 2 aromatic heterocycles. The average molecular weight is 368 g/mol. The molecule has 0 bridgehead atoms. The predicted octanol–water partition coefficient (Wildman–Crippen LogP) is 5.99. The molecule has 0 radical (unpaired) electrons. The first-order valence-corrected chi connectivity index (χ1v) is 8.58. The van der Waals surface area contributed by atoms with Gasteiger partial charge in [0.25, 0.3) is 0 Å². The molecule has 0 aliphatic carbocycles. The lowest BCUT2D eigenvalue weighted by atomic mass is 10.2. The van der Waals surface area contributed by atoms with Crippen LogP contribution in [-0.2, 0) is 6.54 Å². The van der Waals surface area contributed by atoms with E-state index in [0.717, 1.165) is 4.47 Å². The molecule has 20 heavy (non-hydrogen) atoms. The van der Waals surface area contributed by atoms with Crippen molar-refractivity contribution in [2.24, 2.45) is 0 Å². The van der Waals surface area contributed by atoms with Gasteiger partial charge >= 0.3 is 0 Å². The van der Waals surface area contributed by atoms with Gasteiger partial charge in [0.15, 0.2) is 0 Å². The Morgan fingerprint density at radius 1 is 1.15 bits per heavy atom. The number of benzene rings is 1. The molecule has 0 unspecified atom stereocenters. The van der Waals surface area contributed by atoms with E-state index in [-0.39, 0.29) is 5.82 Å². The van der Waals surface area contributed by atoms with Crippen LogP contribution in [-0.4, -0.2) is 0 Å². The van der Waals surface area contributed by atoms with Crippen molar-refractivity contribution in [3.63, 3.8) is 0 Å². The third kappa shape index (κ3) is 2.95. The van der Waals surface area contributed by atoms with Crippen LogP contribution in [0.5, 0.6) is 0 Å². The minimum absolute atomic E-state index is 0.241. The van der Waals surface area contributed by atoms with E-state index in [0.29, 0.717) is 12.2 Å². The summed E-state index contributed by atoms with van der Waals surface area (Å²) in [4.78, 5) is 2.45. The molecule has 1 N–H and O–H groups in total. The summed E-state index contributed by atoms with van der Waals surface area (Å²) in [6.45, 7) is 0.621. The zero-order valence-corrected chi connectivity index (χ0v) is 13.6. The molecule has 0 saturated carbocycles. The summed E-state index contributed by atoms with van der Waals surface area (Å²) < 4.78 is 14.4. The fraction of sp³-hybridized carbons (Fsp3) is 0.0667. The van der Waals surface area contributed by atoms with Crippen LogP contribution >= 0.6 is 38.6 Å². The van der Waals surface area contributed by atoms with Crippen molar-refractivity contribution >= 4 is 44.3 Å². The molecule has 3 aromatic rings. The van der Waals surface area contributed by atoms with Crippen molar-refractivity contribution < 1.29 is 4.39 Å². The number of rotatable bonds is 4. The lowest BCUT2D eigenvalue weighted by Crippen LogP contribution is -2.00. The quantitative estimate of drug-likeness (QED) is 0.596. The van der Waals surface area contributed by atoms with Crippen LogP contribution in [0.15, 0.2) is 51.6 Å². The van der Waals surface area contributed by atoms with Crippen molar-refractivity contribution in [2.45, 2.75) is 6.54 Å². The Morgan fingerprint density at radius 2 is 2.05 bits per heavy atom. The van der Waals surface area contributed by atoms with Crippen LogP contribution in [0, 0.1) is 5.82 Å². The Kier molecular flexibility index (Phi) is 4.19. The molecule has 0 saturated heterocycles. The van der Waals surface area contributed by atoms with E-state index in [1.165, 1.54) is 21.4 Å². The number of halogens is 2. The molecule has 2 heterocycles. The summed E-state index contributed by atoms with van der Waals surface area (Å²) >= 11 is 6.77. The Hall–Kier alpha value is -1.17. The van der Waals surface area contributed by atoms with Crippen LogP contribution in [0.3, 0.4) is 0 Å². The minimum Gasteiger partial charge on any atom is -0.377 e. The van der Waals surface area contributed by atoms with Gasteiger partial charge in [-0.05, 0) is 51.0 Å². The number of nitrogens with one attached hydrogen (secondary N) is 1. The van der Waals surface area contributed by atoms with Gasteiger partial charge in [-0.25, -0.2) is 4.39 Å². The molecule has 1 aromatic carbocycles. The van der Waals surface area contributed by atoms with Gasteiger partial charge < -0.3 is 5.32 Å². The second kappa shape index (κ2) is 6.08. The molecule has 1 nitrogen and oxygen atoms in total. The highest BCUT2D eigenvalue weighted by Gasteiger charge is 2.07. The molecule has 0 aliphatic heterocycles.